The Bertz CT molecular complexity index is 1350. The molecule has 0 bridgehead atoms. The predicted molar refractivity (Wildman–Crippen MR) is 139 cm³/mol. The van der Waals surface area contributed by atoms with E-state index in [1.807, 2.05) is 121 Å². The molecule has 0 aromatic heterocycles. The van der Waals surface area contributed by atoms with Crippen LogP contribution >= 0.6 is 0 Å². The lowest BCUT2D eigenvalue weighted by Gasteiger charge is -2.17. The maximum absolute atomic E-state index is 12.3. The molecule has 0 spiro atoms. The second-order valence-corrected chi connectivity index (χ2v) is 8.09. The molecule has 0 heterocycles. The van der Waals surface area contributed by atoms with E-state index in [1.165, 1.54) is 0 Å². The van der Waals surface area contributed by atoms with Crippen LogP contribution in [0, 0.1) is 0 Å². The molecule has 5 aromatic rings. The van der Waals surface area contributed by atoms with E-state index in [0.29, 0.717) is 11.1 Å². The third-order valence-corrected chi connectivity index (χ3v) is 6.08. The molecule has 0 radical (unpaired) electrons. The predicted octanol–water partition coefficient (Wildman–Crippen LogP) is 7.98. The molecule has 0 fully saturated rings. The van der Waals surface area contributed by atoms with Crippen molar-refractivity contribution >= 4 is 12.6 Å². The van der Waals surface area contributed by atoms with E-state index in [4.69, 9.17) is 0 Å². The minimum atomic E-state index is 0.548. The Kier molecular flexibility index (Phi) is 5.96. The fourth-order valence-electron chi connectivity index (χ4n) is 4.47. The smallest absolute Gasteiger partial charge is 0.150 e. The number of hydrogen-bond acceptors (Lipinski definition) is 2. The van der Waals surface area contributed by atoms with Crippen molar-refractivity contribution in [1.29, 1.82) is 0 Å². The monoisotopic (exact) mass is 438 g/mol. The second kappa shape index (κ2) is 9.51. The van der Waals surface area contributed by atoms with E-state index in [0.717, 1.165) is 57.1 Å². The van der Waals surface area contributed by atoms with Gasteiger partial charge in [0.1, 0.15) is 0 Å². The van der Waals surface area contributed by atoms with Crippen molar-refractivity contribution in [2.45, 2.75) is 0 Å². The van der Waals surface area contributed by atoms with Crippen LogP contribution in [0.1, 0.15) is 20.7 Å². The fraction of sp³-hybridized carbons (Fsp3) is 0. The molecule has 0 aliphatic rings. The Labute approximate surface area is 199 Å². The van der Waals surface area contributed by atoms with Gasteiger partial charge < -0.3 is 0 Å². The van der Waals surface area contributed by atoms with Gasteiger partial charge in [-0.2, -0.15) is 0 Å². The summed E-state index contributed by atoms with van der Waals surface area (Å²) in [6.45, 7) is 0. The fourth-order valence-corrected chi connectivity index (χ4v) is 4.47. The van der Waals surface area contributed by atoms with Crippen LogP contribution in [0.25, 0.3) is 44.5 Å². The first-order valence-electron chi connectivity index (χ1n) is 11.2. The normalized spacial score (nSPS) is 10.6. The Balaban J connectivity index is 1.73. The zero-order chi connectivity index (χ0) is 23.3. The van der Waals surface area contributed by atoms with E-state index < -0.39 is 0 Å². The van der Waals surface area contributed by atoms with Gasteiger partial charge in [0, 0.05) is 11.1 Å². The molecule has 0 amide bonds. The number of hydrogen-bond donors (Lipinski definition) is 0. The highest BCUT2D eigenvalue weighted by Gasteiger charge is 2.17. The van der Waals surface area contributed by atoms with Gasteiger partial charge in [-0.05, 0) is 56.6 Å². The van der Waals surface area contributed by atoms with E-state index in [9.17, 15) is 9.59 Å². The third-order valence-electron chi connectivity index (χ3n) is 6.08. The molecule has 5 rings (SSSR count). The van der Waals surface area contributed by atoms with E-state index in [2.05, 4.69) is 0 Å². The summed E-state index contributed by atoms with van der Waals surface area (Å²) in [5, 5.41) is 0. The Hall–Kier alpha value is -4.56. The molecule has 34 heavy (non-hydrogen) atoms. The lowest BCUT2D eigenvalue weighted by Crippen LogP contribution is -1.97. The summed E-state index contributed by atoms with van der Waals surface area (Å²) in [4.78, 5) is 24.6. The van der Waals surface area contributed by atoms with E-state index in [-0.39, 0.29) is 0 Å². The molecule has 2 heteroatoms. The molecule has 0 aliphatic carbocycles. The summed E-state index contributed by atoms with van der Waals surface area (Å²) in [5.41, 5.74) is 8.57. The van der Waals surface area contributed by atoms with Gasteiger partial charge in [0.05, 0.1) is 0 Å². The van der Waals surface area contributed by atoms with Crippen molar-refractivity contribution in [3.05, 3.63) is 132 Å². The Morgan fingerprint density at radius 3 is 1.03 bits per heavy atom. The highest BCUT2D eigenvalue weighted by atomic mass is 16.1. The summed E-state index contributed by atoms with van der Waals surface area (Å²) in [7, 11) is 0. The molecule has 5 aromatic carbocycles. The number of benzene rings is 5. The molecule has 0 atom stereocenters. The van der Waals surface area contributed by atoms with Crippen LogP contribution in [0.4, 0.5) is 0 Å². The van der Waals surface area contributed by atoms with Crippen molar-refractivity contribution in [2.24, 2.45) is 0 Å². The highest BCUT2D eigenvalue weighted by molar-refractivity contribution is 6.01. The summed E-state index contributed by atoms with van der Waals surface area (Å²) < 4.78 is 0. The van der Waals surface area contributed by atoms with Gasteiger partial charge in [0.15, 0.2) is 12.6 Å². The van der Waals surface area contributed by atoms with Gasteiger partial charge in [0.25, 0.3) is 0 Å². The Morgan fingerprint density at radius 2 is 0.676 bits per heavy atom. The van der Waals surface area contributed by atoms with Crippen LogP contribution < -0.4 is 0 Å². The minimum Gasteiger partial charge on any atom is -0.298 e. The van der Waals surface area contributed by atoms with Gasteiger partial charge in [-0.1, -0.05) is 109 Å². The SMILES string of the molecule is O=Cc1cc(-c2ccccc2-c2ccccc2)c(C=O)cc1-c1ccccc1-c1ccccc1. The number of carbonyl (C=O) groups excluding carboxylic acids is 2. The van der Waals surface area contributed by atoms with Crippen LogP contribution in [-0.4, -0.2) is 12.6 Å². The molecule has 0 saturated heterocycles. The van der Waals surface area contributed by atoms with Crippen LogP contribution in [0.3, 0.4) is 0 Å². The molecule has 0 saturated carbocycles. The van der Waals surface area contributed by atoms with Crippen molar-refractivity contribution in [2.75, 3.05) is 0 Å². The van der Waals surface area contributed by atoms with Crippen molar-refractivity contribution in [3.8, 4) is 44.5 Å². The average molecular weight is 439 g/mol. The summed E-state index contributed by atoms with van der Waals surface area (Å²) in [5.74, 6) is 0. The van der Waals surface area contributed by atoms with Crippen LogP contribution in [-0.2, 0) is 0 Å². The zero-order valence-electron chi connectivity index (χ0n) is 18.5. The first-order valence-corrected chi connectivity index (χ1v) is 11.2. The largest absolute Gasteiger partial charge is 0.298 e. The zero-order valence-corrected chi connectivity index (χ0v) is 18.5. The maximum atomic E-state index is 12.3. The molecule has 0 aliphatic heterocycles. The Morgan fingerprint density at radius 1 is 0.353 bits per heavy atom. The molecule has 162 valence electrons. The maximum Gasteiger partial charge on any atom is 0.150 e. The first-order chi connectivity index (χ1) is 16.8. The summed E-state index contributed by atoms with van der Waals surface area (Å²) in [6.07, 6.45) is 1.75. The van der Waals surface area contributed by atoms with Gasteiger partial charge in [-0.25, -0.2) is 0 Å². The topological polar surface area (TPSA) is 34.1 Å². The lowest BCUT2D eigenvalue weighted by molar-refractivity contribution is 0.111. The number of carbonyl (C=O) groups is 2. The molecule has 0 N–H and O–H groups in total. The third kappa shape index (κ3) is 3.98. The number of rotatable bonds is 6. The van der Waals surface area contributed by atoms with Gasteiger partial charge in [0.2, 0.25) is 0 Å². The van der Waals surface area contributed by atoms with Crippen LogP contribution in [0.15, 0.2) is 121 Å². The van der Waals surface area contributed by atoms with E-state index >= 15 is 0 Å². The molecule has 0 unspecified atom stereocenters. The van der Waals surface area contributed by atoms with Gasteiger partial charge in [-0.15, -0.1) is 0 Å². The summed E-state index contributed by atoms with van der Waals surface area (Å²) >= 11 is 0. The standard InChI is InChI=1S/C32H22O2/c33-21-25-20-32(30-18-10-8-16-28(30)24-13-5-2-6-14-24)26(22-34)19-31(25)29-17-9-7-15-27(29)23-11-3-1-4-12-23/h1-22H. The van der Waals surface area contributed by atoms with Gasteiger partial charge in [-0.3, -0.25) is 9.59 Å². The number of aldehydes is 2. The molecular weight excluding hydrogens is 416 g/mol. The first kappa shape index (κ1) is 21.3. The van der Waals surface area contributed by atoms with Crippen molar-refractivity contribution < 1.29 is 9.59 Å². The summed E-state index contributed by atoms with van der Waals surface area (Å²) in [6, 6.07) is 39.7. The lowest BCUT2D eigenvalue weighted by atomic mass is 9.86. The van der Waals surface area contributed by atoms with Crippen molar-refractivity contribution in [1.82, 2.24) is 0 Å². The van der Waals surface area contributed by atoms with Crippen LogP contribution in [0.2, 0.25) is 0 Å². The molecule has 2 nitrogen and oxygen atoms in total. The highest BCUT2D eigenvalue weighted by Crippen LogP contribution is 2.39. The molecular formula is C32H22O2. The van der Waals surface area contributed by atoms with Gasteiger partial charge >= 0.3 is 0 Å². The quantitative estimate of drug-likeness (QED) is 0.252. The van der Waals surface area contributed by atoms with Crippen molar-refractivity contribution in [3.63, 3.8) is 0 Å². The minimum absolute atomic E-state index is 0.548. The van der Waals surface area contributed by atoms with E-state index in [1.54, 1.807) is 0 Å². The second-order valence-electron chi connectivity index (χ2n) is 8.09. The van der Waals surface area contributed by atoms with Crippen LogP contribution in [0.5, 0.6) is 0 Å². The average Bonchev–Trinajstić information content (AvgIpc) is 2.93.